The van der Waals surface area contributed by atoms with E-state index < -0.39 is 0 Å². The van der Waals surface area contributed by atoms with Gasteiger partial charge in [-0.2, -0.15) is 0 Å². The maximum absolute atomic E-state index is 6.69. The Morgan fingerprint density at radius 1 is 0.718 bits per heavy atom. The molecule has 2 heteroatoms. The molecule has 0 spiro atoms. The zero-order chi connectivity index (χ0) is 27.7. The third-order valence-corrected chi connectivity index (χ3v) is 8.58. The van der Waals surface area contributed by atoms with E-state index >= 15 is 0 Å². The van der Waals surface area contributed by atoms with Crippen molar-refractivity contribution in [3.63, 3.8) is 0 Å². The fourth-order valence-corrected chi connectivity index (χ4v) is 6.30. The fraction of sp³-hybridized carbons (Fsp3) is 0.351. The molecule has 2 nitrogen and oxygen atoms in total. The highest BCUT2D eigenvalue weighted by Crippen LogP contribution is 2.54. The Morgan fingerprint density at radius 2 is 1.28 bits per heavy atom. The molecule has 5 rings (SSSR count). The van der Waals surface area contributed by atoms with Crippen molar-refractivity contribution in [3.05, 3.63) is 129 Å². The molecule has 202 valence electrons. The average molecular weight is 519 g/mol. The molecule has 0 aliphatic carbocycles. The van der Waals surface area contributed by atoms with Crippen LogP contribution in [0, 0.1) is 20.8 Å². The molecule has 0 aromatic heterocycles. The van der Waals surface area contributed by atoms with Crippen molar-refractivity contribution >= 4 is 0 Å². The van der Waals surface area contributed by atoms with Crippen molar-refractivity contribution in [2.24, 2.45) is 0 Å². The average Bonchev–Trinajstić information content (AvgIpc) is 3.23. The third-order valence-electron chi connectivity index (χ3n) is 8.58. The summed E-state index contributed by atoms with van der Waals surface area (Å²) in [5.41, 5.74) is 9.81. The van der Waals surface area contributed by atoms with E-state index in [1.807, 2.05) is 0 Å². The number of benzene rings is 4. The first-order chi connectivity index (χ1) is 18.7. The predicted octanol–water partition coefficient (Wildman–Crippen LogP) is 9.64. The molecule has 0 bridgehead atoms. The summed E-state index contributed by atoms with van der Waals surface area (Å²) in [6.45, 7) is 16.1. The van der Waals surface area contributed by atoms with E-state index in [-0.39, 0.29) is 17.4 Å². The zero-order valence-corrected chi connectivity index (χ0v) is 24.5. The smallest absolute Gasteiger partial charge is 0.127 e. The maximum atomic E-state index is 6.69. The van der Waals surface area contributed by atoms with Gasteiger partial charge in [-0.1, -0.05) is 98.8 Å². The van der Waals surface area contributed by atoms with Gasteiger partial charge in [0.05, 0.1) is 12.5 Å². The molecule has 1 aliphatic heterocycles. The second-order valence-electron chi connectivity index (χ2n) is 11.9. The maximum Gasteiger partial charge on any atom is 0.127 e. The first kappa shape index (κ1) is 27.1. The van der Waals surface area contributed by atoms with Crippen molar-refractivity contribution in [1.29, 1.82) is 0 Å². The Morgan fingerprint density at radius 3 is 1.82 bits per heavy atom. The summed E-state index contributed by atoms with van der Waals surface area (Å²) < 4.78 is 13.4. The molecule has 39 heavy (non-hydrogen) atoms. The number of hydrogen-bond acceptors (Lipinski definition) is 2. The lowest BCUT2D eigenvalue weighted by Crippen LogP contribution is -2.31. The van der Waals surface area contributed by atoms with Crippen LogP contribution < -0.4 is 9.47 Å². The number of rotatable bonds is 8. The molecule has 0 N–H and O–H groups in total. The largest absolute Gasteiger partial charge is 0.493 e. The molecule has 0 saturated carbocycles. The Hall–Kier alpha value is -3.52. The topological polar surface area (TPSA) is 18.5 Å². The number of hydrogen-bond donors (Lipinski definition) is 0. The van der Waals surface area contributed by atoms with Crippen molar-refractivity contribution < 1.29 is 9.47 Å². The van der Waals surface area contributed by atoms with Gasteiger partial charge in [0.1, 0.15) is 17.1 Å². The van der Waals surface area contributed by atoms with E-state index in [0.717, 1.165) is 17.9 Å². The molecular weight excluding hydrogens is 476 g/mol. The van der Waals surface area contributed by atoms with E-state index in [4.69, 9.17) is 9.47 Å². The van der Waals surface area contributed by atoms with E-state index in [2.05, 4.69) is 133 Å². The van der Waals surface area contributed by atoms with E-state index in [1.165, 1.54) is 44.5 Å². The summed E-state index contributed by atoms with van der Waals surface area (Å²) in [7, 11) is 0. The van der Waals surface area contributed by atoms with Crippen LogP contribution in [-0.4, -0.2) is 12.2 Å². The minimum Gasteiger partial charge on any atom is -0.493 e. The lowest BCUT2D eigenvalue weighted by Gasteiger charge is -2.27. The van der Waals surface area contributed by atoms with Gasteiger partial charge in [0, 0.05) is 11.5 Å². The minimum atomic E-state index is -0.339. The quantitative estimate of drug-likeness (QED) is 0.231. The van der Waals surface area contributed by atoms with Crippen LogP contribution in [0.3, 0.4) is 0 Å². The second kappa shape index (κ2) is 10.9. The zero-order valence-electron chi connectivity index (χ0n) is 24.5. The summed E-state index contributed by atoms with van der Waals surface area (Å²) in [6.07, 6.45) is 0.908. The SMILES string of the molecule is Cc1c(C)c2c(c(C)c1OCCC(c1ccccc1)c1ccccc1)C(c1ccc(C(C)C)cc1)C(C)(C)O2. The van der Waals surface area contributed by atoms with Crippen LogP contribution >= 0.6 is 0 Å². The van der Waals surface area contributed by atoms with Crippen LogP contribution in [0.4, 0.5) is 0 Å². The molecule has 1 unspecified atom stereocenters. The van der Waals surface area contributed by atoms with Gasteiger partial charge in [0.15, 0.2) is 0 Å². The lowest BCUT2D eigenvalue weighted by molar-refractivity contribution is 0.121. The van der Waals surface area contributed by atoms with Gasteiger partial charge in [0.2, 0.25) is 0 Å². The normalized spacial score (nSPS) is 15.9. The van der Waals surface area contributed by atoms with Crippen molar-refractivity contribution in [1.82, 2.24) is 0 Å². The Kier molecular flexibility index (Phi) is 7.58. The van der Waals surface area contributed by atoms with E-state index in [9.17, 15) is 0 Å². The summed E-state index contributed by atoms with van der Waals surface area (Å²) >= 11 is 0. The van der Waals surface area contributed by atoms with Crippen LogP contribution in [-0.2, 0) is 0 Å². The Bertz CT molecular complexity index is 1380. The second-order valence-corrected chi connectivity index (χ2v) is 11.9. The molecule has 0 amide bonds. The molecule has 1 atom stereocenters. The highest BCUT2D eigenvalue weighted by Gasteiger charge is 2.45. The first-order valence-corrected chi connectivity index (χ1v) is 14.3. The summed E-state index contributed by atoms with van der Waals surface area (Å²) in [6, 6.07) is 30.7. The molecule has 0 saturated heterocycles. The van der Waals surface area contributed by atoms with Gasteiger partial charge in [0.25, 0.3) is 0 Å². The highest BCUT2D eigenvalue weighted by atomic mass is 16.5. The van der Waals surface area contributed by atoms with Crippen LogP contribution in [0.25, 0.3) is 0 Å². The van der Waals surface area contributed by atoms with Gasteiger partial charge >= 0.3 is 0 Å². The molecule has 0 radical (unpaired) electrons. The van der Waals surface area contributed by atoms with Gasteiger partial charge < -0.3 is 9.47 Å². The van der Waals surface area contributed by atoms with Gasteiger partial charge in [-0.05, 0) is 85.9 Å². The van der Waals surface area contributed by atoms with E-state index in [0.29, 0.717) is 12.5 Å². The molecule has 4 aromatic rings. The highest BCUT2D eigenvalue weighted by molar-refractivity contribution is 5.64. The van der Waals surface area contributed by atoms with E-state index in [1.54, 1.807) is 0 Å². The minimum absolute atomic E-state index is 0.150. The van der Waals surface area contributed by atoms with Gasteiger partial charge in [-0.15, -0.1) is 0 Å². The van der Waals surface area contributed by atoms with Crippen molar-refractivity contribution in [2.45, 2.75) is 78.2 Å². The van der Waals surface area contributed by atoms with Crippen molar-refractivity contribution in [2.75, 3.05) is 6.61 Å². The van der Waals surface area contributed by atoms with Crippen LogP contribution in [0.15, 0.2) is 84.9 Å². The first-order valence-electron chi connectivity index (χ1n) is 14.3. The predicted molar refractivity (Wildman–Crippen MR) is 163 cm³/mol. The summed E-state index contributed by atoms with van der Waals surface area (Å²) in [5, 5.41) is 0. The molecule has 0 fully saturated rings. The summed E-state index contributed by atoms with van der Waals surface area (Å²) in [5.74, 6) is 3.00. The monoisotopic (exact) mass is 518 g/mol. The number of ether oxygens (including phenoxy) is 2. The fourth-order valence-electron chi connectivity index (χ4n) is 6.30. The Balaban J connectivity index is 1.47. The Labute approximate surface area is 235 Å². The standard InChI is InChI=1S/C37H42O2/c1-24(2)28-18-20-31(21-19-28)34-33-27(5)35(25(3)26(4)36(33)39-37(34,6)7)38-23-22-32(29-14-10-8-11-15-29)30-16-12-9-13-17-30/h8-21,24,32,34H,22-23H2,1-7H3. The molecule has 1 heterocycles. The molecular formula is C37H42O2. The van der Waals surface area contributed by atoms with Crippen LogP contribution in [0.2, 0.25) is 0 Å². The summed E-state index contributed by atoms with van der Waals surface area (Å²) in [4.78, 5) is 0. The number of fused-ring (bicyclic) bond motifs is 1. The van der Waals surface area contributed by atoms with Gasteiger partial charge in [-0.3, -0.25) is 0 Å². The molecule has 4 aromatic carbocycles. The molecule has 1 aliphatic rings. The lowest BCUT2D eigenvalue weighted by atomic mass is 9.78. The third kappa shape index (κ3) is 5.22. The van der Waals surface area contributed by atoms with Crippen LogP contribution in [0.1, 0.15) is 96.4 Å². The van der Waals surface area contributed by atoms with Crippen molar-refractivity contribution in [3.8, 4) is 11.5 Å². The van der Waals surface area contributed by atoms with Gasteiger partial charge in [-0.25, -0.2) is 0 Å². The van der Waals surface area contributed by atoms with Crippen LogP contribution in [0.5, 0.6) is 11.5 Å².